The van der Waals surface area contributed by atoms with E-state index in [1.807, 2.05) is 0 Å². The van der Waals surface area contributed by atoms with Crippen molar-refractivity contribution >= 4 is 11.8 Å². The van der Waals surface area contributed by atoms with Crippen LogP contribution in [0.15, 0.2) is 0 Å². The summed E-state index contributed by atoms with van der Waals surface area (Å²) >= 11 is 2.05. The van der Waals surface area contributed by atoms with Crippen molar-refractivity contribution in [3.8, 4) is 6.07 Å². The SMILES string of the molecule is CCC(C)SC1CC(C(C)(C)C)CCC1C#N. The molecule has 4 atom stereocenters. The fourth-order valence-electron chi connectivity index (χ4n) is 2.61. The van der Waals surface area contributed by atoms with E-state index < -0.39 is 0 Å². The van der Waals surface area contributed by atoms with Gasteiger partial charge in [-0.15, -0.1) is 0 Å². The Morgan fingerprint density at radius 1 is 1.35 bits per heavy atom. The molecule has 0 radical (unpaired) electrons. The maximum Gasteiger partial charge on any atom is 0.0667 e. The van der Waals surface area contributed by atoms with E-state index in [1.54, 1.807) is 0 Å². The third-order valence-electron chi connectivity index (χ3n) is 4.16. The van der Waals surface area contributed by atoms with Crippen molar-refractivity contribution in [3.05, 3.63) is 0 Å². The topological polar surface area (TPSA) is 23.8 Å². The molecule has 0 aliphatic heterocycles. The van der Waals surface area contributed by atoms with Gasteiger partial charge in [0.1, 0.15) is 0 Å². The molecule has 0 saturated heterocycles. The average molecular weight is 253 g/mol. The zero-order valence-corrected chi connectivity index (χ0v) is 12.8. The first-order chi connectivity index (χ1) is 7.88. The number of hydrogen-bond acceptors (Lipinski definition) is 2. The summed E-state index contributed by atoms with van der Waals surface area (Å²) in [6.45, 7) is 11.6. The first kappa shape index (κ1) is 14.9. The molecular weight excluding hydrogens is 226 g/mol. The van der Waals surface area contributed by atoms with Crippen LogP contribution in [-0.2, 0) is 0 Å². The molecule has 17 heavy (non-hydrogen) atoms. The number of thioether (sulfide) groups is 1. The van der Waals surface area contributed by atoms with Crippen LogP contribution in [0.25, 0.3) is 0 Å². The zero-order chi connectivity index (χ0) is 13.1. The predicted octanol–water partition coefficient (Wildman–Crippen LogP) is 4.87. The smallest absolute Gasteiger partial charge is 0.0667 e. The Labute approximate surface area is 111 Å². The van der Waals surface area contributed by atoms with Gasteiger partial charge >= 0.3 is 0 Å². The van der Waals surface area contributed by atoms with E-state index in [9.17, 15) is 5.26 Å². The van der Waals surface area contributed by atoms with Crippen LogP contribution in [0.3, 0.4) is 0 Å². The molecule has 1 rings (SSSR count). The molecular formula is C15H27NS. The van der Waals surface area contributed by atoms with Gasteiger partial charge < -0.3 is 0 Å². The first-order valence-corrected chi connectivity index (χ1v) is 7.87. The van der Waals surface area contributed by atoms with Gasteiger partial charge in [-0.25, -0.2) is 0 Å². The van der Waals surface area contributed by atoms with Crippen LogP contribution in [0.4, 0.5) is 0 Å². The van der Waals surface area contributed by atoms with E-state index in [2.05, 4.69) is 52.4 Å². The molecule has 4 unspecified atom stereocenters. The largest absolute Gasteiger partial charge is 0.198 e. The van der Waals surface area contributed by atoms with Crippen LogP contribution in [0.1, 0.15) is 60.3 Å². The summed E-state index contributed by atoms with van der Waals surface area (Å²) in [5.74, 6) is 1.07. The molecule has 0 aromatic carbocycles. The normalized spacial score (nSPS) is 31.9. The van der Waals surface area contributed by atoms with Crippen LogP contribution in [0, 0.1) is 28.6 Å². The molecule has 1 aliphatic carbocycles. The van der Waals surface area contributed by atoms with Gasteiger partial charge in [0.25, 0.3) is 0 Å². The lowest BCUT2D eigenvalue weighted by molar-refractivity contribution is 0.169. The van der Waals surface area contributed by atoms with Crippen molar-refractivity contribution in [2.45, 2.75) is 70.8 Å². The van der Waals surface area contributed by atoms with Crippen molar-refractivity contribution in [2.75, 3.05) is 0 Å². The van der Waals surface area contributed by atoms with Gasteiger partial charge in [-0.2, -0.15) is 17.0 Å². The summed E-state index contributed by atoms with van der Waals surface area (Å²) < 4.78 is 0. The lowest BCUT2D eigenvalue weighted by atomic mass is 9.70. The van der Waals surface area contributed by atoms with Crippen LogP contribution < -0.4 is 0 Å². The Balaban J connectivity index is 2.66. The van der Waals surface area contributed by atoms with Gasteiger partial charge in [0.15, 0.2) is 0 Å². The molecule has 1 fully saturated rings. The van der Waals surface area contributed by atoms with Crippen molar-refractivity contribution in [1.82, 2.24) is 0 Å². The fourth-order valence-corrected chi connectivity index (χ4v) is 4.13. The molecule has 1 aliphatic rings. The van der Waals surface area contributed by atoms with Crippen LogP contribution in [0.5, 0.6) is 0 Å². The quantitative estimate of drug-likeness (QED) is 0.716. The molecule has 2 heteroatoms. The molecule has 0 amide bonds. The number of nitrogens with zero attached hydrogens (tertiary/aromatic N) is 1. The highest BCUT2D eigenvalue weighted by molar-refractivity contribution is 8.00. The first-order valence-electron chi connectivity index (χ1n) is 6.93. The number of rotatable bonds is 3. The molecule has 0 heterocycles. The summed E-state index contributed by atoms with van der Waals surface area (Å²) in [5, 5.41) is 10.5. The highest BCUT2D eigenvalue weighted by atomic mass is 32.2. The van der Waals surface area contributed by atoms with Gasteiger partial charge in [0.2, 0.25) is 0 Å². The second-order valence-corrected chi connectivity index (χ2v) is 8.19. The van der Waals surface area contributed by atoms with Crippen molar-refractivity contribution in [1.29, 1.82) is 5.26 Å². The summed E-state index contributed by atoms with van der Waals surface area (Å²) in [7, 11) is 0. The Morgan fingerprint density at radius 2 is 2.00 bits per heavy atom. The summed E-state index contributed by atoms with van der Waals surface area (Å²) in [6.07, 6.45) is 4.78. The van der Waals surface area contributed by atoms with E-state index in [0.29, 0.717) is 15.9 Å². The second-order valence-electron chi connectivity index (χ2n) is 6.50. The standard InChI is InChI=1S/C15H27NS/c1-6-11(2)17-14-9-13(15(3,4)5)8-7-12(14)10-16/h11-14H,6-9H2,1-5H3. The molecule has 0 spiro atoms. The summed E-state index contributed by atoms with van der Waals surface area (Å²) in [6, 6.07) is 2.53. The molecule has 0 bridgehead atoms. The van der Waals surface area contributed by atoms with Crippen LogP contribution in [-0.4, -0.2) is 10.5 Å². The Morgan fingerprint density at radius 3 is 2.47 bits per heavy atom. The van der Waals surface area contributed by atoms with Crippen LogP contribution >= 0.6 is 11.8 Å². The lowest BCUT2D eigenvalue weighted by Crippen LogP contribution is -2.33. The van der Waals surface area contributed by atoms with E-state index in [0.717, 1.165) is 12.3 Å². The van der Waals surface area contributed by atoms with Gasteiger partial charge in [0, 0.05) is 10.5 Å². The lowest BCUT2D eigenvalue weighted by Gasteiger charge is -2.40. The number of hydrogen-bond donors (Lipinski definition) is 0. The van der Waals surface area contributed by atoms with Gasteiger partial charge in [0.05, 0.1) is 12.0 Å². The minimum atomic E-state index is 0.285. The van der Waals surface area contributed by atoms with Gasteiger partial charge in [-0.1, -0.05) is 34.6 Å². The van der Waals surface area contributed by atoms with Crippen molar-refractivity contribution in [2.24, 2.45) is 17.3 Å². The molecule has 0 aromatic rings. The van der Waals surface area contributed by atoms with E-state index >= 15 is 0 Å². The molecule has 0 N–H and O–H groups in total. The highest BCUT2D eigenvalue weighted by Crippen LogP contribution is 2.44. The third kappa shape index (κ3) is 4.21. The maximum atomic E-state index is 9.27. The highest BCUT2D eigenvalue weighted by Gasteiger charge is 2.36. The Hall–Kier alpha value is -0.160. The average Bonchev–Trinajstić information content (AvgIpc) is 2.27. The fraction of sp³-hybridized carbons (Fsp3) is 0.933. The van der Waals surface area contributed by atoms with E-state index in [1.165, 1.54) is 19.3 Å². The van der Waals surface area contributed by atoms with Crippen molar-refractivity contribution in [3.63, 3.8) is 0 Å². The number of nitriles is 1. The monoisotopic (exact) mass is 253 g/mol. The molecule has 98 valence electrons. The minimum absolute atomic E-state index is 0.285. The third-order valence-corrected chi connectivity index (χ3v) is 5.83. The van der Waals surface area contributed by atoms with E-state index in [4.69, 9.17) is 0 Å². The van der Waals surface area contributed by atoms with Crippen LogP contribution in [0.2, 0.25) is 0 Å². The summed E-state index contributed by atoms with van der Waals surface area (Å²) in [4.78, 5) is 0. The minimum Gasteiger partial charge on any atom is -0.198 e. The summed E-state index contributed by atoms with van der Waals surface area (Å²) in [5.41, 5.74) is 0.398. The maximum absolute atomic E-state index is 9.27. The Bertz CT molecular complexity index is 274. The Kier molecular flexibility index (Phi) is 5.38. The van der Waals surface area contributed by atoms with E-state index in [-0.39, 0.29) is 5.92 Å². The van der Waals surface area contributed by atoms with Gasteiger partial charge in [-0.3, -0.25) is 0 Å². The molecule has 0 aromatic heterocycles. The molecule has 1 saturated carbocycles. The zero-order valence-electron chi connectivity index (χ0n) is 12.0. The van der Waals surface area contributed by atoms with Crippen molar-refractivity contribution < 1.29 is 0 Å². The second kappa shape index (κ2) is 6.14. The predicted molar refractivity (Wildman–Crippen MR) is 77.0 cm³/mol. The van der Waals surface area contributed by atoms with Gasteiger partial charge in [-0.05, 0) is 37.0 Å². The molecule has 1 nitrogen and oxygen atoms in total.